The standard InChI is InChI=1S/C9H9N5O3S/c1-17-9(16)13-8-12-6(3-18-8)2-7(15)14-5-10-4-11-14/h3-5H,2H2,1H3,(H,12,13,16). The zero-order chi connectivity index (χ0) is 13.0. The maximum atomic E-state index is 11.7. The Hall–Kier alpha value is -2.29. The summed E-state index contributed by atoms with van der Waals surface area (Å²) in [6.07, 6.45) is 2.09. The van der Waals surface area contributed by atoms with Crippen molar-refractivity contribution in [2.24, 2.45) is 0 Å². The summed E-state index contributed by atoms with van der Waals surface area (Å²) in [5.41, 5.74) is 0.548. The number of hydrogen-bond donors (Lipinski definition) is 1. The molecule has 0 saturated carbocycles. The number of carbonyl (C=O) groups excluding carboxylic acids is 2. The Morgan fingerprint density at radius 2 is 2.39 bits per heavy atom. The van der Waals surface area contributed by atoms with Crippen molar-refractivity contribution in [1.82, 2.24) is 19.7 Å². The summed E-state index contributed by atoms with van der Waals surface area (Å²) < 4.78 is 5.56. The van der Waals surface area contributed by atoms with E-state index in [1.165, 1.54) is 31.1 Å². The van der Waals surface area contributed by atoms with Crippen LogP contribution in [0.25, 0.3) is 0 Å². The highest BCUT2D eigenvalue weighted by Crippen LogP contribution is 2.16. The molecule has 0 aliphatic carbocycles. The van der Waals surface area contributed by atoms with Gasteiger partial charge in [0.25, 0.3) is 5.91 Å². The Labute approximate surface area is 106 Å². The molecule has 0 aliphatic heterocycles. The number of nitrogens with one attached hydrogen (secondary N) is 1. The molecular formula is C9H9N5O3S. The average molecular weight is 267 g/mol. The summed E-state index contributed by atoms with van der Waals surface area (Å²) in [5, 5.41) is 8.20. The molecule has 2 rings (SSSR count). The van der Waals surface area contributed by atoms with Gasteiger partial charge in [-0.25, -0.2) is 14.8 Å². The fourth-order valence-electron chi connectivity index (χ4n) is 1.16. The number of thiazole rings is 1. The molecule has 1 amide bonds. The fraction of sp³-hybridized carbons (Fsp3) is 0.222. The molecule has 8 nitrogen and oxygen atoms in total. The number of hydrogen-bond acceptors (Lipinski definition) is 7. The van der Waals surface area contributed by atoms with E-state index in [1.807, 2.05) is 0 Å². The number of rotatable bonds is 3. The molecule has 0 unspecified atom stereocenters. The second-order valence-corrected chi connectivity index (χ2v) is 4.03. The van der Waals surface area contributed by atoms with Gasteiger partial charge in [0.05, 0.1) is 19.2 Å². The van der Waals surface area contributed by atoms with Crippen molar-refractivity contribution in [1.29, 1.82) is 0 Å². The van der Waals surface area contributed by atoms with E-state index in [4.69, 9.17) is 0 Å². The molecule has 0 aliphatic rings. The molecule has 0 atom stereocenters. The van der Waals surface area contributed by atoms with Crippen molar-refractivity contribution in [3.05, 3.63) is 23.7 Å². The molecule has 0 radical (unpaired) electrons. The minimum absolute atomic E-state index is 0.0860. The van der Waals surface area contributed by atoms with Gasteiger partial charge in [-0.3, -0.25) is 10.1 Å². The molecule has 2 heterocycles. The first kappa shape index (κ1) is 12.2. The van der Waals surface area contributed by atoms with E-state index in [2.05, 4.69) is 25.1 Å². The Morgan fingerprint density at radius 3 is 3.06 bits per heavy atom. The largest absolute Gasteiger partial charge is 0.453 e. The number of amides is 1. The monoisotopic (exact) mass is 267 g/mol. The number of ether oxygens (including phenoxy) is 1. The zero-order valence-corrected chi connectivity index (χ0v) is 10.2. The van der Waals surface area contributed by atoms with Gasteiger partial charge in [0, 0.05) is 5.38 Å². The summed E-state index contributed by atoms with van der Waals surface area (Å²) in [6.45, 7) is 0. The van der Waals surface area contributed by atoms with Gasteiger partial charge in [-0.05, 0) is 0 Å². The molecule has 0 bridgehead atoms. The van der Waals surface area contributed by atoms with Crippen LogP contribution in [0.15, 0.2) is 18.0 Å². The van der Waals surface area contributed by atoms with Crippen molar-refractivity contribution in [3.8, 4) is 0 Å². The normalized spacial score (nSPS) is 10.1. The van der Waals surface area contributed by atoms with E-state index < -0.39 is 6.09 Å². The van der Waals surface area contributed by atoms with Crippen molar-refractivity contribution >= 4 is 28.5 Å². The average Bonchev–Trinajstić information content (AvgIpc) is 3.00. The lowest BCUT2D eigenvalue weighted by Crippen LogP contribution is -2.14. The Bertz CT molecular complexity index is 550. The summed E-state index contributed by atoms with van der Waals surface area (Å²) in [5.74, 6) is -0.248. The van der Waals surface area contributed by atoms with Crippen LogP contribution in [-0.4, -0.2) is 38.9 Å². The van der Waals surface area contributed by atoms with Crippen LogP contribution < -0.4 is 5.32 Å². The van der Waals surface area contributed by atoms with E-state index in [1.54, 1.807) is 5.38 Å². The predicted molar refractivity (Wildman–Crippen MR) is 62.5 cm³/mol. The second-order valence-electron chi connectivity index (χ2n) is 3.17. The van der Waals surface area contributed by atoms with Gasteiger partial charge in [-0.15, -0.1) is 11.3 Å². The van der Waals surface area contributed by atoms with Crippen molar-refractivity contribution in [2.45, 2.75) is 6.42 Å². The van der Waals surface area contributed by atoms with Crippen LogP contribution >= 0.6 is 11.3 Å². The van der Waals surface area contributed by atoms with Gasteiger partial charge in [0.2, 0.25) is 0 Å². The lowest BCUT2D eigenvalue weighted by atomic mass is 10.3. The van der Waals surface area contributed by atoms with E-state index in [9.17, 15) is 9.59 Å². The van der Waals surface area contributed by atoms with Crippen LogP contribution in [0.2, 0.25) is 0 Å². The SMILES string of the molecule is COC(=O)Nc1nc(CC(=O)n2cncn2)cs1. The highest BCUT2D eigenvalue weighted by molar-refractivity contribution is 7.13. The van der Waals surface area contributed by atoms with Crippen LogP contribution in [0, 0.1) is 0 Å². The number of aromatic nitrogens is 4. The van der Waals surface area contributed by atoms with Crippen LogP contribution in [0.1, 0.15) is 10.5 Å². The number of methoxy groups -OCH3 is 1. The Morgan fingerprint density at radius 1 is 1.56 bits per heavy atom. The molecule has 0 aromatic carbocycles. The van der Waals surface area contributed by atoms with Gasteiger partial charge < -0.3 is 4.74 Å². The number of nitrogens with zero attached hydrogens (tertiary/aromatic N) is 4. The molecule has 0 spiro atoms. The van der Waals surface area contributed by atoms with Crippen molar-refractivity contribution in [3.63, 3.8) is 0 Å². The lowest BCUT2D eigenvalue weighted by molar-refractivity contribution is 0.0897. The molecule has 0 fully saturated rings. The Balaban J connectivity index is 1.98. The van der Waals surface area contributed by atoms with E-state index in [0.29, 0.717) is 10.8 Å². The third-order valence-corrected chi connectivity index (χ3v) is 2.76. The molecule has 2 aromatic rings. The van der Waals surface area contributed by atoms with Gasteiger partial charge in [-0.2, -0.15) is 9.78 Å². The summed E-state index contributed by atoms with van der Waals surface area (Å²) in [7, 11) is 1.26. The highest BCUT2D eigenvalue weighted by atomic mass is 32.1. The third kappa shape index (κ3) is 2.88. The predicted octanol–water partition coefficient (Wildman–Crippen LogP) is 0.796. The number of anilines is 1. The molecule has 2 aromatic heterocycles. The maximum absolute atomic E-state index is 11.7. The molecule has 1 N–H and O–H groups in total. The molecule has 0 saturated heterocycles. The maximum Gasteiger partial charge on any atom is 0.413 e. The molecule has 94 valence electrons. The number of carbonyl (C=O) groups is 2. The first-order valence-corrected chi connectivity index (χ1v) is 5.74. The van der Waals surface area contributed by atoms with Crippen molar-refractivity contribution < 1.29 is 14.3 Å². The smallest absolute Gasteiger partial charge is 0.413 e. The lowest BCUT2D eigenvalue weighted by Gasteiger charge is -1.98. The topological polar surface area (TPSA) is 99.0 Å². The third-order valence-electron chi connectivity index (χ3n) is 1.95. The minimum Gasteiger partial charge on any atom is -0.453 e. The van der Waals surface area contributed by atoms with Crippen LogP contribution in [0.4, 0.5) is 9.93 Å². The first-order valence-electron chi connectivity index (χ1n) is 4.86. The van der Waals surface area contributed by atoms with E-state index in [-0.39, 0.29) is 12.3 Å². The summed E-state index contributed by atoms with van der Waals surface area (Å²) in [6, 6.07) is 0. The summed E-state index contributed by atoms with van der Waals surface area (Å²) in [4.78, 5) is 30.4. The van der Waals surface area contributed by atoms with Gasteiger partial charge in [0.15, 0.2) is 5.13 Å². The van der Waals surface area contributed by atoms with Gasteiger partial charge >= 0.3 is 6.09 Å². The van der Waals surface area contributed by atoms with Crippen LogP contribution in [0.3, 0.4) is 0 Å². The zero-order valence-electron chi connectivity index (χ0n) is 9.36. The van der Waals surface area contributed by atoms with Crippen LogP contribution in [-0.2, 0) is 11.2 Å². The molecule has 9 heteroatoms. The molecule has 18 heavy (non-hydrogen) atoms. The fourth-order valence-corrected chi connectivity index (χ4v) is 1.85. The second kappa shape index (κ2) is 5.36. The summed E-state index contributed by atoms with van der Waals surface area (Å²) >= 11 is 1.21. The van der Waals surface area contributed by atoms with Gasteiger partial charge in [0.1, 0.15) is 12.7 Å². The quantitative estimate of drug-likeness (QED) is 0.882. The minimum atomic E-state index is -0.599. The highest BCUT2D eigenvalue weighted by Gasteiger charge is 2.11. The Kier molecular flexibility index (Phi) is 3.63. The van der Waals surface area contributed by atoms with E-state index in [0.717, 1.165) is 4.68 Å². The van der Waals surface area contributed by atoms with Gasteiger partial charge in [-0.1, -0.05) is 0 Å². The van der Waals surface area contributed by atoms with Crippen LogP contribution in [0.5, 0.6) is 0 Å². The first-order chi connectivity index (χ1) is 8.69. The molecular weight excluding hydrogens is 258 g/mol. The van der Waals surface area contributed by atoms with Crippen molar-refractivity contribution in [2.75, 3.05) is 12.4 Å². The van der Waals surface area contributed by atoms with E-state index >= 15 is 0 Å².